The van der Waals surface area contributed by atoms with Crippen LogP contribution in [0.1, 0.15) is 39.0 Å². The number of rotatable bonds is 7. The van der Waals surface area contributed by atoms with Gasteiger partial charge in [-0.2, -0.15) is 0 Å². The Bertz CT molecular complexity index is 350. The van der Waals surface area contributed by atoms with Crippen LogP contribution in [0.2, 0.25) is 0 Å². The lowest BCUT2D eigenvalue weighted by Gasteiger charge is -2.39. The first-order chi connectivity index (χ1) is 8.44. The molecule has 0 spiro atoms. The zero-order valence-electron chi connectivity index (χ0n) is 10.6. The predicted octanol–water partition coefficient (Wildman–Crippen LogP) is 0.355. The Kier molecular flexibility index (Phi) is 4.69. The van der Waals surface area contributed by atoms with Crippen molar-refractivity contribution in [3.8, 4) is 0 Å². The number of carbonyl (C=O) groups is 3. The normalized spacial score (nSPS) is 16.7. The van der Waals surface area contributed by atoms with E-state index in [-0.39, 0.29) is 6.54 Å². The Morgan fingerprint density at radius 2 is 1.94 bits per heavy atom. The molecule has 0 radical (unpaired) electrons. The molecule has 1 fully saturated rings. The molecule has 1 aliphatic rings. The summed E-state index contributed by atoms with van der Waals surface area (Å²) in [7, 11) is 0. The highest BCUT2D eigenvalue weighted by atomic mass is 16.4. The topological polar surface area (TPSA) is 101 Å². The second-order valence-electron chi connectivity index (χ2n) is 4.79. The molecule has 0 saturated heterocycles. The lowest BCUT2D eigenvalue weighted by molar-refractivity contribution is -0.168. The van der Waals surface area contributed by atoms with Gasteiger partial charge < -0.3 is 15.7 Å². The number of primary amides is 1. The summed E-state index contributed by atoms with van der Waals surface area (Å²) < 4.78 is 0. The fourth-order valence-electron chi connectivity index (χ4n) is 2.14. The number of hydrogen-bond acceptors (Lipinski definition) is 3. The lowest BCUT2D eigenvalue weighted by atomic mass is 9.67. The van der Waals surface area contributed by atoms with Crippen LogP contribution in [0.5, 0.6) is 0 Å². The predicted molar refractivity (Wildman–Crippen MR) is 64.6 cm³/mol. The summed E-state index contributed by atoms with van der Waals surface area (Å²) >= 11 is 0. The van der Waals surface area contributed by atoms with Gasteiger partial charge in [0, 0.05) is 6.54 Å². The molecular weight excluding hydrogens is 236 g/mol. The number of nitrogens with two attached hydrogens (primary N) is 1. The number of unbranched alkanes of at least 4 members (excludes halogenated alkanes) is 1. The minimum atomic E-state index is -1.32. The van der Waals surface area contributed by atoms with Crippen LogP contribution in [0.25, 0.3) is 0 Å². The molecule has 0 aromatic carbocycles. The van der Waals surface area contributed by atoms with Crippen molar-refractivity contribution < 1.29 is 19.5 Å². The first-order valence-electron chi connectivity index (χ1n) is 6.25. The number of carboxylic acids is 1. The molecule has 102 valence electrons. The van der Waals surface area contributed by atoms with Gasteiger partial charge >= 0.3 is 5.97 Å². The van der Waals surface area contributed by atoms with Gasteiger partial charge in [0.1, 0.15) is 5.41 Å². The highest BCUT2D eigenvalue weighted by molar-refractivity contribution is 6.03. The van der Waals surface area contributed by atoms with E-state index in [0.29, 0.717) is 19.4 Å². The fraction of sp³-hybridized carbons (Fsp3) is 0.750. The van der Waals surface area contributed by atoms with Crippen LogP contribution >= 0.6 is 0 Å². The molecule has 0 unspecified atom stereocenters. The Balaban J connectivity index is 2.80. The van der Waals surface area contributed by atoms with E-state index in [9.17, 15) is 19.5 Å². The average molecular weight is 256 g/mol. The van der Waals surface area contributed by atoms with Crippen molar-refractivity contribution in [2.24, 2.45) is 11.1 Å². The maximum absolute atomic E-state index is 12.3. The summed E-state index contributed by atoms with van der Waals surface area (Å²) in [6.07, 6.45) is 3.03. The molecule has 3 N–H and O–H groups in total. The van der Waals surface area contributed by atoms with Crippen LogP contribution in [0.15, 0.2) is 0 Å². The quantitative estimate of drug-likeness (QED) is 0.642. The SMILES string of the molecule is CCCCN(CC(N)=O)C(=O)C1(C(=O)O)CCC1. The van der Waals surface area contributed by atoms with Crippen molar-refractivity contribution in [3.05, 3.63) is 0 Å². The zero-order chi connectivity index (χ0) is 13.8. The van der Waals surface area contributed by atoms with Crippen molar-refractivity contribution in [1.29, 1.82) is 0 Å². The summed E-state index contributed by atoms with van der Waals surface area (Å²) in [4.78, 5) is 35.8. The molecular formula is C12H20N2O4. The van der Waals surface area contributed by atoms with E-state index < -0.39 is 23.2 Å². The van der Waals surface area contributed by atoms with Crippen LogP contribution in [-0.2, 0) is 14.4 Å². The van der Waals surface area contributed by atoms with Crippen LogP contribution < -0.4 is 5.73 Å². The third-order valence-electron chi connectivity index (χ3n) is 3.44. The van der Waals surface area contributed by atoms with Gasteiger partial charge in [-0.05, 0) is 19.3 Å². The van der Waals surface area contributed by atoms with E-state index in [1.165, 1.54) is 4.90 Å². The molecule has 1 aliphatic carbocycles. The molecule has 0 atom stereocenters. The Labute approximate surface area is 106 Å². The van der Waals surface area contributed by atoms with Crippen LogP contribution in [0.4, 0.5) is 0 Å². The maximum Gasteiger partial charge on any atom is 0.319 e. The largest absolute Gasteiger partial charge is 0.480 e. The van der Waals surface area contributed by atoms with Crippen molar-refractivity contribution >= 4 is 17.8 Å². The Morgan fingerprint density at radius 1 is 1.33 bits per heavy atom. The van der Waals surface area contributed by atoms with Gasteiger partial charge in [-0.25, -0.2) is 0 Å². The number of aliphatic carboxylic acids is 1. The summed E-state index contributed by atoms with van der Waals surface area (Å²) in [5.74, 6) is -2.17. The maximum atomic E-state index is 12.3. The molecule has 1 saturated carbocycles. The molecule has 0 bridgehead atoms. The summed E-state index contributed by atoms with van der Waals surface area (Å²) in [5, 5.41) is 9.20. The second kappa shape index (κ2) is 5.84. The number of carboxylic acid groups (broad SMARTS) is 1. The van der Waals surface area contributed by atoms with Gasteiger partial charge in [0.25, 0.3) is 0 Å². The number of carbonyl (C=O) groups excluding carboxylic acids is 2. The summed E-state index contributed by atoms with van der Waals surface area (Å²) in [6.45, 7) is 2.14. The van der Waals surface area contributed by atoms with E-state index >= 15 is 0 Å². The zero-order valence-corrected chi connectivity index (χ0v) is 10.6. The van der Waals surface area contributed by atoms with Gasteiger partial charge in [0.05, 0.1) is 6.54 Å². The van der Waals surface area contributed by atoms with Crippen molar-refractivity contribution in [2.75, 3.05) is 13.1 Å². The molecule has 1 rings (SSSR count). The number of hydrogen-bond donors (Lipinski definition) is 2. The van der Waals surface area contributed by atoms with Gasteiger partial charge in [0.2, 0.25) is 11.8 Å². The molecule has 0 heterocycles. The molecule has 0 aromatic heterocycles. The van der Waals surface area contributed by atoms with Crippen LogP contribution in [0, 0.1) is 5.41 Å². The van der Waals surface area contributed by atoms with Crippen molar-refractivity contribution in [3.63, 3.8) is 0 Å². The molecule has 6 heteroatoms. The fourth-order valence-corrected chi connectivity index (χ4v) is 2.14. The molecule has 0 aromatic rings. The Hall–Kier alpha value is -1.59. The number of amides is 2. The van der Waals surface area contributed by atoms with E-state index in [1.54, 1.807) is 0 Å². The highest BCUT2D eigenvalue weighted by Gasteiger charge is 2.52. The third kappa shape index (κ3) is 2.80. The highest BCUT2D eigenvalue weighted by Crippen LogP contribution is 2.42. The molecule has 18 heavy (non-hydrogen) atoms. The molecule has 0 aliphatic heterocycles. The summed E-state index contributed by atoms with van der Waals surface area (Å²) in [5.41, 5.74) is 3.79. The van der Waals surface area contributed by atoms with Gasteiger partial charge in [-0.1, -0.05) is 19.8 Å². The van der Waals surface area contributed by atoms with E-state index in [0.717, 1.165) is 19.3 Å². The smallest absolute Gasteiger partial charge is 0.319 e. The lowest BCUT2D eigenvalue weighted by Crippen LogP contribution is -2.54. The first kappa shape index (κ1) is 14.5. The van der Waals surface area contributed by atoms with Gasteiger partial charge in [-0.15, -0.1) is 0 Å². The minimum Gasteiger partial charge on any atom is -0.480 e. The van der Waals surface area contributed by atoms with Gasteiger partial charge in [-0.3, -0.25) is 14.4 Å². The summed E-state index contributed by atoms with van der Waals surface area (Å²) in [6, 6.07) is 0. The van der Waals surface area contributed by atoms with E-state index in [2.05, 4.69) is 0 Å². The number of nitrogens with zero attached hydrogens (tertiary/aromatic N) is 1. The average Bonchev–Trinajstić information content (AvgIpc) is 2.21. The van der Waals surface area contributed by atoms with Crippen LogP contribution in [-0.4, -0.2) is 40.9 Å². The van der Waals surface area contributed by atoms with Gasteiger partial charge in [0.15, 0.2) is 0 Å². The van der Waals surface area contributed by atoms with Crippen molar-refractivity contribution in [2.45, 2.75) is 39.0 Å². The van der Waals surface area contributed by atoms with Crippen LogP contribution in [0.3, 0.4) is 0 Å². The Morgan fingerprint density at radius 3 is 2.28 bits per heavy atom. The monoisotopic (exact) mass is 256 g/mol. The molecule has 6 nitrogen and oxygen atoms in total. The van der Waals surface area contributed by atoms with E-state index in [1.807, 2.05) is 6.92 Å². The third-order valence-corrected chi connectivity index (χ3v) is 3.44. The molecule has 2 amide bonds. The first-order valence-corrected chi connectivity index (χ1v) is 6.25. The van der Waals surface area contributed by atoms with Crippen molar-refractivity contribution in [1.82, 2.24) is 4.90 Å². The van der Waals surface area contributed by atoms with E-state index in [4.69, 9.17) is 5.73 Å². The second-order valence-corrected chi connectivity index (χ2v) is 4.79. The standard InChI is InChI=1S/C12H20N2O4/c1-2-3-7-14(8-9(13)15)10(16)12(11(17)18)5-4-6-12/h2-8H2,1H3,(H2,13,15)(H,17,18). The minimum absolute atomic E-state index is 0.201.